The normalized spacial score (nSPS) is 11.4. The number of alkyl halides is 3. The second-order valence-electron chi connectivity index (χ2n) is 6.86. The first-order valence-electron chi connectivity index (χ1n) is 9.50. The molecular weight excluding hydrogens is 499 g/mol. The van der Waals surface area contributed by atoms with Crippen LogP contribution >= 0.6 is 11.6 Å². The zero-order valence-electron chi connectivity index (χ0n) is 17.1. The minimum absolute atomic E-state index is 0.0167. The molecule has 0 saturated heterocycles. The summed E-state index contributed by atoms with van der Waals surface area (Å²) in [4.78, 5) is 20.0. The van der Waals surface area contributed by atoms with E-state index >= 15 is 0 Å². The van der Waals surface area contributed by atoms with Gasteiger partial charge in [-0.15, -0.1) is 0 Å². The number of carbonyl (C=O) groups is 1. The maximum Gasteiger partial charge on any atom is 0.434 e. The SMILES string of the molecule is Nc1nccc(Oc2ccc(NC(=O)c3cnn(-c4cc(F)ccn4)c3C(F)(F)F)cc2F)c1Cl. The van der Waals surface area contributed by atoms with Gasteiger partial charge in [0, 0.05) is 36.3 Å². The molecule has 180 valence electrons. The van der Waals surface area contributed by atoms with Gasteiger partial charge in [-0.05, 0) is 18.2 Å². The van der Waals surface area contributed by atoms with Gasteiger partial charge in [0.25, 0.3) is 5.91 Å². The Balaban J connectivity index is 1.60. The predicted molar refractivity (Wildman–Crippen MR) is 114 cm³/mol. The van der Waals surface area contributed by atoms with Crippen LogP contribution in [0.3, 0.4) is 0 Å². The van der Waals surface area contributed by atoms with Crippen LogP contribution in [0.15, 0.2) is 55.0 Å². The number of rotatable bonds is 5. The molecule has 0 aliphatic rings. The van der Waals surface area contributed by atoms with Crippen LogP contribution in [0, 0.1) is 11.6 Å². The molecule has 14 heteroatoms. The minimum Gasteiger partial charge on any atom is -0.453 e. The topological polar surface area (TPSA) is 108 Å². The van der Waals surface area contributed by atoms with Crippen LogP contribution in [0.1, 0.15) is 16.1 Å². The molecule has 0 spiro atoms. The maximum atomic E-state index is 14.5. The van der Waals surface area contributed by atoms with Crippen molar-refractivity contribution in [2.45, 2.75) is 6.18 Å². The first-order chi connectivity index (χ1) is 16.5. The van der Waals surface area contributed by atoms with E-state index in [2.05, 4.69) is 20.4 Å². The van der Waals surface area contributed by atoms with Gasteiger partial charge in [0.05, 0.1) is 11.8 Å². The quantitative estimate of drug-likeness (QED) is 0.356. The highest BCUT2D eigenvalue weighted by molar-refractivity contribution is 6.34. The summed E-state index contributed by atoms with van der Waals surface area (Å²) in [6.07, 6.45) is -2.16. The Kier molecular flexibility index (Phi) is 6.26. The van der Waals surface area contributed by atoms with E-state index in [1.807, 2.05) is 0 Å². The summed E-state index contributed by atoms with van der Waals surface area (Å²) in [5.74, 6) is -3.84. The molecule has 0 saturated carbocycles. The van der Waals surface area contributed by atoms with E-state index in [0.29, 0.717) is 10.9 Å². The lowest BCUT2D eigenvalue weighted by molar-refractivity contribution is -0.143. The number of benzene rings is 1. The van der Waals surface area contributed by atoms with Crippen molar-refractivity contribution in [2.75, 3.05) is 11.1 Å². The van der Waals surface area contributed by atoms with Crippen molar-refractivity contribution in [3.8, 4) is 17.3 Å². The third-order valence-corrected chi connectivity index (χ3v) is 4.88. The van der Waals surface area contributed by atoms with E-state index in [4.69, 9.17) is 22.1 Å². The molecule has 4 aromatic rings. The number of anilines is 2. The third-order valence-electron chi connectivity index (χ3n) is 4.50. The largest absolute Gasteiger partial charge is 0.453 e. The molecule has 0 bridgehead atoms. The molecule has 4 rings (SSSR count). The third kappa shape index (κ3) is 4.99. The Bertz CT molecular complexity index is 1430. The van der Waals surface area contributed by atoms with Gasteiger partial charge < -0.3 is 15.8 Å². The highest BCUT2D eigenvalue weighted by Gasteiger charge is 2.41. The number of hydrogen-bond donors (Lipinski definition) is 2. The Morgan fingerprint density at radius 1 is 1.06 bits per heavy atom. The summed E-state index contributed by atoms with van der Waals surface area (Å²) in [6.45, 7) is 0. The number of aromatic nitrogens is 4. The Morgan fingerprint density at radius 3 is 2.49 bits per heavy atom. The number of hydrogen-bond acceptors (Lipinski definition) is 6. The summed E-state index contributed by atoms with van der Waals surface area (Å²) < 4.78 is 74.9. The lowest BCUT2D eigenvalue weighted by Gasteiger charge is -2.13. The van der Waals surface area contributed by atoms with Crippen molar-refractivity contribution in [3.05, 3.63) is 82.9 Å². The van der Waals surface area contributed by atoms with Crippen LogP contribution in [0.2, 0.25) is 5.02 Å². The number of ether oxygens (including phenoxy) is 1. The van der Waals surface area contributed by atoms with Crippen LogP contribution in [-0.4, -0.2) is 25.7 Å². The fraction of sp³-hybridized carbons (Fsp3) is 0.0476. The second-order valence-corrected chi connectivity index (χ2v) is 7.24. The molecule has 3 aromatic heterocycles. The molecule has 1 amide bonds. The molecule has 0 aliphatic heterocycles. The van der Waals surface area contributed by atoms with Crippen LogP contribution in [0.5, 0.6) is 11.5 Å². The summed E-state index contributed by atoms with van der Waals surface area (Å²) in [7, 11) is 0. The molecule has 8 nitrogen and oxygen atoms in total. The monoisotopic (exact) mass is 510 g/mol. The lowest BCUT2D eigenvalue weighted by atomic mass is 10.2. The molecule has 3 N–H and O–H groups in total. The molecule has 1 aromatic carbocycles. The molecule has 0 atom stereocenters. The van der Waals surface area contributed by atoms with E-state index in [1.54, 1.807) is 0 Å². The van der Waals surface area contributed by atoms with Gasteiger partial charge in [-0.2, -0.15) is 18.3 Å². The first-order valence-corrected chi connectivity index (χ1v) is 9.88. The van der Waals surface area contributed by atoms with Gasteiger partial charge in [-0.25, -0.2) is 23.4 Å². The van der Waals surface area contributed by atoms with Crippen LogP contribution in [0.25, 0.3) is 5.82 Å². The number of nitrogens with one attached hydrogen (secondary N) is 1. The van der Waals surface area contributed by atoms with E-state index in [9.17, 15) is 26.7 Å². The Hall–Kier alpha value is -4.26. The lowest BCUT2D eigenvalue weighted by Crippen LogP contribution is -2.21. The average Bonchev–Trinajstić information content (AvgIpc) is 3.25. The van der Waals surface area contributed by atoms with Gasteiger partial charge in [-0.1, -0.05) is 11.6 Å². The van der Waals surface area contributed by atoms with Gasteiger partial charge in [-0.3, -0.25) is 4.79 Å². The van der Waals surface area contributed by atoms with Crippen molar-refractivity contribution in [1.82, 2.24) is 19.7 Å². The number of nitrogens with zero attached hydrogens (tertiary/aromatic N) is 4. The Morgan fingerprint density at radius 2 is 1.80 bits per heavy atom. The number of halogens is 6. The maximum absolute atomic E-state index is 14.5. The summed E-state index contributed by atoms with van der Waals surface area (Å²) in [6, 6.07) is 6.16. The van der Waals surface area contributed by atoms with Gasteiger partial charge in [0.2, 0.25) is 0 Å². The minimum atomic E-state index is -5.05. The fourth-order valence-electron chi connectivity index (χ4n) is 2.97. The van der Waals surface area contributed by atoms with Gasteiger partial charge in [0.15, 0.2) is 28.8 Å². The molecule has 0 aliphatic carbocycles. The van der Waals surface area contributed by atoms with Crippen LogP contribution in [-0.2, 0) is 6.18 Å². The zero-order valence-corrected chi connectivity index (χ0v) is 17.9. The predicted octanol–water partition coefficient (Wildman–Crippen LogP) is 5.24. The number of nitrogen functional groups attached to an aromatic ring is 1. The molecular formula is C21H12ClF5N6O2. The van der Waals surface area contributed by atoms with Crippen molar-refractivity contribution >= 4 is 29.0 Å². The number of pyridine rings is 2. The van der Waals surface area contributed by atoms with Gasteiger partial charge >= 0.3 is 6.18 Å². The molecule has 35 heavy (non-hydrogen) atoms. The highest BCUT2D eigenvalue weighted by Crippen LogP contribution is 2.35. The number of carbonyl (C=O) groups excluding carboxylic acids is 1. The standard InChI is InChI=1S/C21H12ClF5N6O2/c22-17-15(4-6-30-19(17)28)35-14-2-1-11(8-13(14)24)32-20(34)12-9-31-33(18(12)21(25,26)27)16-7-10(23)3-5-29-16/h1-9H,(H2,28,30)(H,32,34). The summed E-state index contributed by atoms with van der Waals surface area (Å²) in [5.41, 5.74) is 3.01. The first kappa shape index (κ1) is 23.9. The van der Waals surface area contributed by atoms with E-state index < -0.39 is 40.8 Å². The van der Waals surface area contributed by atoms with E-state index in [-0.39, 0.29) is 28.0 Å². The summed E-state index contributed by atoms with van der Waals surface area (Å²) in [5, 5.41) is 5.65. The molecule has 0 radical (unpaired) electrons. The average molecular weight is 511 g/mol. The van der Waals surface area contributed by atoms with Crippen molar-refractivity contribution in [3.63, 3.8) is 0 Å². The van der Waals surface area contributed by atoms with Gasteiger partial charge in [0.1, 0.15) is 16.7 Å². The van der Waals surface area contributed by atoms with Crippen LogP contribution in [0.4, 0.5) is 33.5 Å². The van der Waals surface area contributed by atoms with E-state index in [1.165, 1.54) is 18.3 Å². The van der Waals surface area contributed by atoms with E-state index in [0.717, 1.165) is 30.5 Å². The smallest absolute Gasteiger partial charge is 0.434 e. The van der Waals surface area contributed by atoms with Crippen molar-refractivity contribution in [2.24, 2.45) is 0 Å². The van der Waals surface area contributed by atoms with Crippen LogP contribution < -0.4 is 15.8 Å². The molecule has 3 heterocycles. The Labute approximate surface area is 198 Å². The zero-order chi connectivity index (χ0) is 25.3. The number of amides is 1. The molecule has 0 unspecified atom stereocenters. The summed E-state index contributed by atoms with van der Waals surface area (Å²) >= 11 is 5.95. The van der Waals surface area contributed by atoms with Crippen molar-refractivity contribution in [1.29, 1.82) is 0 Å². The second kappa shape index (κ2) is 9.18. The van der Waals surface area contributed by atoms with Crippen molar-refractivity contribution < 1.29 is 31.5 Å². The number of nitrogens with two attached hydrogens (primary N) is 1. The highest BCUT2D eigenvalue weighted by atomic mass is 35.5. The molecule has 0 fully saturated rings. The fourth-order valence-corrected chi connectivity index (χ4v) is 3.12.